The summed E-state index contributed by atoms with van der Waals surface area (Å²) >= 11 is 1.58. The lowest BCUT2D eigenvalue weighted by molar-refractivity contribution is -0.152. The van der Waals surface area contributed by atoms with E-state index >= 15 is 0 Å². The van der Waals surface area contributed by atoms with E-state index in [2.05, 4.69) is 0 Å². The van der Waals surface area contributed by atoms with Crippen molar-refractivity contribution in [2.45, 2.75) is 17.7 Å². The van der Waals surface area contributed by atoms with Crippen LogP contribution in [0, 0.1) is 0 Å². The standard InChI is InChI=1S/C23H24N2O5S2/c26-22(17-30-23(27)10-8-20-6-3-15-31-20)24-11-13-25(14-12-24)32(28,29)21-9-7-18-4-1-2-5-19(18)16-21/h1-7,9,15-16H,8,10-14,17H2. The third-order valence-electron chi connectivity index (χ3n) is 5.46. The Balaban J connectivity index is 1.28. The predicted octanol–water partition coefficient (Wildman–Crippen LogP) is 2.91. The van der Waals surface area contributed by atoms with Gasteiger partial charge in [0.05, 0.1) is 11.3 Å². The molecule has 32 heavy (non-hydrogen) atoms. The molecule has 0 atom stereocenters. The van der Waals surface area contributed by atoms with E-state index in [1.165, 1.54) is 4.31 Å². The van der Waals surface area contributed by atoms with Crippen molar-refractivity contribution in [2.75, 3.05) is 32.8 Å². The van der Waals surface area contributed by atoms with E-state index in [0.29, 0.717) is 6.42 Å². The molecule has 0 saturated carbocycles. The quantitative estimate of drug-likeness (QED) is 0.494. The van der Waals surface area contributed by atoms with Gasteiger partial charge in [0, 0.05) is 31.1 Å². The maximum atomic E-state index is 13.0. The predicted molar refractivity (Wildman–Crippen MR) is 123 cm³/mol. The topological polar surface area (TPSA) is 84.0 Å². The van der Waals surface area contributed by atoms with E-state index in [1.54, 1.807) is 34.4 Å². The van der Waals surface area contributed by atoms with Crippen LogP contribution in [0.2, 0.25) is 0 Å². The summed E-state index contributed by atoms with van der Waals surface area (Å²) in [5, 5.41) is 3.79. The molecule has 1 aromatic heterocycles. The first-order valence-electron chi connectivity index (χ1n) is 10.4. The molecule has 1 aliphatic heterocycles. The van der Waals surface area contributed by atoms with Crippen LogP contribution in [0.4, 0.5) is 0 Å². The van der Waals surface area contributed by atoms with E-state index < -0.39 is 16.0 Å². The molecule has 7 nitrogen and oxygen atoms in total. The molecule has 4 rings (SSSR count). The number of hydrogen-bond donors (Lipinski definition) is 0. The highest BCUT2D eigenvalue weighted by atomic mass is 32.2. The molecule has 1 amide bonds. The lowest BCUT2D eigenvalue weighted by Gasteiger charge is -2.33. The van der Waals surface area contributed by atoms with Gasteiger partial charge in [-0.05, 0) is 40.8 Å². The highest BCUT2D eigenvalue weighted by Gasteiger charge is 2.30. The van der Waals surface area contributed by atoms with E-state index in [1.807, 2.05) is 41.8 Å². The summed E-state index contributed by atoms with van der Waals surface area (Å²) in [6.45, 7) is 0.609. The summed E-state index contributed by atoms with van der Waals surface area (Å²) in [7, 11) is -3.65. The molecule has 0 bridgehead atoms. The molecular weight excluding hydrogens is 448 g/mol. The molecule has 2 aromatic carbocycles. The lowest BCUT2D eigenvalue weighted by Crippen LogP contribution is -2.51. The molecule has 1 fully saturated rings. The number of sulfonamides is 1. The number of nitrogens with zero attached hydrogens (tertiary/aromatic N) is 2. The Bertz CT molecular complexity index is 1200. The first-order valence-corrected chi connectivity index (χ1v) is 12.7. The van der Waals surface area contributed by atoms with Crippen molar-refractivity contribution in [3.05, 3.63) is 64.9 Å². The second-order valence-corrected chi connectivity index (χ2v) is 10.5. The van der Waals surface area contributed by atoms with Gasteiger partial charge in [-0.2, -0.15) is 4.31 Å². The van der Waals surface area contributed by atoms with Crippen molar-refractivity contribution in [1.29, 1.82) is 0 Å². The van der Waals surface area contributed by atoms with Gasteiger partial charge in [0.25, 0.3) is 5.91 Å². The fourth-order valence-electron chi connectivity index (χ4n) is 3.64. The molecule has 168 valence electrons. The number of piperazine rings is 1. The number of carbonyl (C=O) groups excluding carboxylic acids is 2. The van der Waals surface area contributed by atoms with Crippen LogP contribution in [0.1, 0.15) is 11.3 Å². The number of esters is 1. The summed E-state index contributed by atoms with van der Waals surface area (Å²) < 4.78 is 32.6. The van der Waals surface area contributed by atoms with Crippen LogP contribution < -0.4 is 0 Å². The molecule has 0 spiro atoms. The number of ether oxygens (including phenoxy) is 1. The van der Waals surface area contributed by atoms with Gasteiger partial charge >= 0.3 is 5.97 Å². The van der Waals surface area contributed by atoms with E-state index in [-0.39, 0.29) is 50.0 Å². The zero-order valence-electron chi connectivity index (χ0n) is 17.5. The zero-order chi connectivity index (χ0) is 22.6. The van der Waals surface area contributed by atoms with Crippen molar-refractivity contribution >= 4 is 44.0 Å². The fourth-order valence-corrected chi connectivity index (χ4v) is 5.81. The molecule has 2 heterocycles. The number of rotatable bonds is 7. The Kier molecular flexibility index (Phi) is 6.88. The third kappa shape index (κ3) is 5.17. The average molecular weight is 473 g/mol. The highest BCUT2D eigenvalue weighted by molar-refractivity contribution is 7.89. The van der Waals surface area contributed by atoms with Gasteiger partial charge in [-0.25, -0.2) is 8.42 Å². The maximum Gasteiger partial charge on any atom is 0.306 e. The van der Waals surface area contributed by atoms with E-state index in [9.17, 15) is 18.0 Å². The van der Waals surface area contributed by atoms with Gasteiger partial charge in [-0.1, -0.05) is 36.4 Å². The van der Waals surface area contributed by atoms with Gasteiger partial charge < -0.3 is 9.64 Å². The van der Waals surface area contributed by atoms with Gasteiger partial charge in [-0.3, -0.25) is 9.59 Å². The Morgan fingerprint density at radius 2 is 1.69 bits per heavy atom. The number of aryl methyl sites for hydroxylation is 1. The molecular formula is C23H24N2O5S2. The Morgan fingerprint density at radius 1 is 0.938 bits per heavy atom. The van der Waals surface area contributed by atoms with Crippen LogP contribution >= 0.6 is 11.3 Å². The molecule has 1 aliphatic rings. The summed E-state index contributed by atoms with van der Waals surface area (Å²) in [6.07, 6.45) is 0.821. The Hall–Kier alpha value is -2.75. The minimum absolute atomic E-state index is 0.202. The van der Waals surface area contributed by atoms with Crippen LogP contribution in [0.5, 0.6) is 0 Å². The van der Waals surface area contributed by atoms with Crippen LogP contribution in [0.3, 0.4) is 0 Å². The largest absolute Gasteiger partial charge is 0.456 e. The maximum absolute atomic E-state index is 13.0. The number of fused-ring (bicyclic) bond motifs is 1. The van der Waals surface area contributed by atoms with Crippen molar-refractivity contribution < 1.29 is 22.7 Å². The molecule has 9 heteroatoms. The van der Waals surface area contributed by atoms with Gasteiger partial charge in [0.15, 0.2) is 6.61 Å². The van der Waals surface area contributed by atoms with Crippen molar-refractivity contribution in [1.82, 2.24) is 9.21 Å². The van der Waals surface area contributed by atoms with Gasteiger partial charge in [-0.15, -0.1) is 11.3 Å². The minimum Gasteiger partial charge on any atom is -0.456 e. The molecule has 1 saturated heterocycles. The SMILES string of the molecule is O=C(CCc1cccs1)OCC(=O)N1CCN(S(=O)(=O)c2ccc3ccccc3c2)CC1. The Morgan fingerprint density at radius 3 is 2.41 bits per heavy atom. The average Bonchev–Trinajstić information content (AvgIpc) is 3.34. The lowest BCUT2D eigenvalue weighted by atomic mass is 10.1. The van der Waals surface area contributed by atoms with Crippen molar-refractivity contribution in [3.8, 4) is 0 Å². The number of hydrogen-bond acceptors (Lipinski definition) is 6. The summed E-state index contributed by atoms with van der Waals surface area (Å²) in [6, 6.07) is 16.6. The summed E-state index contributed by atoms with van der Waals surface area (Å²) in [5.41, 5.74) is 0. The molecule has 0 radical (unpaired) electrons. The molecule has 3 aromatic rings. The first-order chi connectivity index (χ1) is 15.4. The Labute approximate surface area is 191 Å². The van der Waals surface area contributed by atoms with E-state index in [4.69, 9.17) is 4.74 Å². The second kappa shape index (κ2) is 9.81. The number of thiophene rings is 1. The zero-order valence-corrected chi connectivity index (χ0v) is 19.1. The molecule has 0 aliphatic carbocycles. The number of benzene rings is 2. The number of amides is 1. The van der Waals surface area contributed by atoms with Gasteiger partial charge in [0.1, 0.15) is 0 Å². The molecule has 0 unspecified atom stereocenters. The summed E-state index contributed by atoms with van der Waals surface area (Å²) in [4.78, 5) is 27.2. The van der Waals surface area contributed by atoms with Crippen LogP contribution in [0.15, 0.2) is 64.9 Å². The highest BCUT2D eigenvalue weighted by Crippen LogP contribution is 2.23. The minimum atomic E-state index is -3.65. The monoisotopic (exact) mass is 472 g/mol. The van der Waals surface area contributed by atoms with Crippen molar-refractivity contribution in [3.63, 3.8) is 0 Å². The molecule has 0 N–H and O–H groups in total. The summed E-state index contributed by atoms with van der Waals surface area (Å²) in [5.74, 6) is -0.721. The second-order valence-electron chi connectivity index (χ2n) is 7.53. The number of carbonyl (C=O) groups is 2. The smallest absolute Gasteiger partial charge is 0.306 e. The van der Waals surface area contributed by atoms with Crippen molar-refractivity contribution in [2.24, 2.45) is 0 Å². The fraction of sp³-hybridized carbons (Fsp3) is 0.304. The van der Waals surface area contributed by atoms with Crippen LogP contribution in [-0.2, 0) is 30.8 Å². The normalized spacial score (nSPS) is 15.1. The van der Waals surface area contributed by atoms with E-state index in [0.717, 1.165) is 15.6 Å². The van der Waals surface area contributed by atoms with Crippen LogP contribution in [0.25, 0.3) is 10.8 Å². The first kappa shape index (κ1) is 22.4. The van der Waals surface area contributed by atoms with Gasteiger partial charge in [0.2, 0.25) is 10.0 Å². The van der Waals surface area contributed by atoms with Crippen LogP contribution in [-0.4, -0.2) is 62.3 Å². The third-order valence-corrected chi connectivity index (χ3v) is 8.29.